The molecule has 1 spiro atoms. The van der Waals surface area contributed by atoms with E-state index >= 15 is 0 Å². The molecule has 140 valence electrons. The molecule has 4 rings (SSSR count). The van der Waals surface area contributed by atoms with Gasteiger partial charge < -0.3 is 9.80 Å². The number of carbonyl (C=O) groups excluding carboxylic acids is 2. The van der Waals surface area contributed by atoms with Crippen LogP contribution in [-0.4, -0.2) is 63.3 Å². The number of carbonyl (C=O) groups is 2. The second-order valence-corrected chi connectivity index (χ2v) is 7.34. The zero-order chi connectivity index (χ0) is 18.9. The maximum Gasteiger partial charge on any atom is 0.246 e. The van der Waals surface area contributed by atoms with E-state index in [9.17, 15) is 9.59 Å². The Hall–Kier alpha value is -2.80. The summed E-state index contributed by atoms with van der Waals surface area (Å²) >= 11 is 0. The molecule has 4 heterocycles. The van der Waals surface area contributed by atoms with Gasteiger partial charge in [-0.05, 0) is 30.2 Å². The normalized spacial score (nSPS) is 23.2. The van der Waals surface area contributed by atoms with Crippen molar-refractivity contribution in [1.82, 2.24) is 19.8 Å². The van der Waals surface area contributed by atoms with E-state index in [4.69, 9.17) is 0 Å². The number of piperazine rings is 1. The molecule has 2 aromatic rings. The summed E-state index contributed by atoms with van der Waals surface area (Å²) in [4.78, 5) is 39.2. The van der Waals surface area contributed by atoms with E-state index in [1.54, 1.807) is 35.3 Å². The quantitative estimate of drug-likeness (QED) is 0.820. The van der Waals surface area contributed by atoms with E-state index in [1.807, 2.05) is 24.4 Å². The van der Waals surface area contributed by atoms with Crippen LogP contribution in [0.5, 0.6) is 0 Å². The molecule has 2 saturated heterocycles. The van der Waals surface area contributed by atoms with Gasteiger partial charge in [0.2, 0.25) is 11.8 Å². The van der Waals surface area contributed by atoms with Gasteiger partial charge in [0, 0.05) is 45.1 Å². The number of aromatic nitrogens is 2. The van der Waals surface area contributed by atoms with Gasteiger partial charge in [-0.25, -0.2) is 0 Å². The molecule has 0 radical (unpaired) electrons. The van der Waals surface area contributed by atoms with Crippen molar-refractivity contribution in [3.63, 3.8) is 0 Å². The maximum absolute atomic E-state index is 12.7. The fourth-order valence-corrected chi connectivity index (χ4v) is 4.22. The molecule has 0 bridgehead atoms. The Bertz CT molecular complexity index is 829. The number of hydrogen-bond acceptors (Lipinski definition) is 5. The van der Waals surface area contributed by atoms with Crippen LogP contribution in [0.4, 0.5) is 5.69 Å². The van der Waals surface area contributed by atoms with Gasteiger partial charge in [-0.2, -0.15) is 0 Å². The number of amides is 2. The second-order valence-electron chi connectivity index (χ2n) is 7.34. The molecular formula is C20H23N5O2. The Balaban J connectivity index is 1.58. The van der Waals surface area contributed by atoms with E-state index in [0.717, 1.165) is 37.3 Å². The summed E-state index contributed by atoms with van der Waals surface area (Å²) in [5.41, 5.74) is 1.58. The van der Waals surface area contributed by atoms with Gasteiger partial charge >= 0.3 is 0 Å². The molecule has 2 amide bonds. The number of hydrogen-bond donors (Lipinski definition) is 0. The van der Waals surface area contributed by atoms with E-state index in [0.29, 0.717) is 6.54 Å². The molecule has 1 atom stereocenters. The molecule has 2 aromatic heterocycles. The predicted molar refractivity (Wildman–Crippen MR) is 101 cm³/mol. The van der Waals surface area contributed by atoms with Gasteiger partial charge in [-0.15, -0.1) is 0 Å². The van der Waals surface area contributed by atoms with Crippen molar-refractivity contribution in [2.75, 3.05) is 31.1 Å². The van der Waals surface area contributed by atoms with E-state index in [2.05, 4.69) is 20.9 Å². The van der Waals surface area contributed by atoms with Gasteiger partial charge in [-0.3, -0.25) is 24.5 Å². The summed E-state index contributed by atoms with van der Waals surface area (Å²) < 4.78 is 0. The standard InChI is InChI=1S/C20H23N5O2/c1-16(26)25-13-19(27)24(18-5-3-8-22-11-18)15-20(25)6-9-23(14-20)12-17-4-2-7-21-10-17/h2-5,7-8,10-11H,6,9,12-15H2,1H3/t20-/m1/s1. The third-order valence-corrected chi connectivity index (χ3v) is 5.50. The topological polar surface area (TPSA) is 69.6 Å². The average molecular weight is 365 g/mol. The summed E-state index contributed by atoms with van der Waals surface area (Å²) in [7, 11) is 0. The van der Waals surface area contributed by atoms with Crippen LogP contribution >= 0.6 is 0 Å². The van der Waals surface area contributed by atoms with Crippen LogP contribution in [0.2, 0.25) is 0 Å². The lowest BCUT2D eigenvalue weighted by Gasteiger charge is -2.48. The first-order valence-electron chi connectivity index (χ1n) is 9.17. The minimum Gasteiger partial charge on any atom is -0.325 e. The van der Waals surface area contributed by atoms with Crippen molar-refractivity contribution in [2.45, 2.75) is 25.4 Å². The fourth-order valence-electron chi connectivity index (χ4n) is 4.22. The van der Waals surface area contributed by atoms with Gasteiger partial charge in [0.25, 0.3) is 0 Å². The minimum atomic E-state index is -0.363. The summed E-state index contributed by atoms with van der Waals surface area (Å²) in [5.74, 6) is -0.105. The summed E-state index contributed by atoms with van der Waals surface area (Å²) in [5, 5.41) is 0. The van der Waals surface area contributed by atoms with Crippen molar-refractivity contribution < 1.29 is 9.59 Å². The van der Waals surface area contributed by atoms with Gasteiger partial charge in [0.1, 0.15) is 6.54 Å². The first-order valence-corrected chi connectivity index (χ1v) is 9.17. The molecule has 2 aliphatic rings. The third kappa shape index (κ3) is 3.42. The minimum absolute atomic E-state index is 0.0441. The van der Waals surface area contributed by atoms with Crippen molar-refractivity contribution in [3.8, 4) is 0 Å². The molecule has 7 heteroatoms. The Morgan fingerprint density at radius 1 is 1.15 bits per heavy atom. The van der Waals surface area contributed by atoms with Crippen molar-refractivity contribution in [1.29, 1.82) is 0 Å². The molecule has 0 aliphatic carbocycles. The Morgan fingerprint density at radius 3 is 2.59 bits per heavy atom. The summed E-state index contributed by atoms with van der Waals surface area (Å²) in [6.45, 7) is 4.59. The number of likely N-dealkylation sites (tertiary alicyclic amines) is 1. The molecule has 7 nitrogen and oxygen atoms in total. The smallest absolute Gasteiger partial charge is 0.246 e. The Labute approximate surface area is 158 Å². The van der Waals surface area contributed by atoms with Crippen molar-refractivity contribution in [2.24, 2.45) is 0 Å². The summed E-state index contributed by atoms with van der Waals surface area (Å²) in [6, 6.07) is 7.72. The molecule has 2 aliphatic heterocycles. The third-order valence-electron chi connectivity index (χ3n) is 5.50. The highest BCUT2D eigenvalue weighted by atomic mass is 16.2. The van der Waals surface area contributed by atoms with E-state index < -0.39 is 0 Å². The fraction of sp³-hybridized carbons (Fsp3) is 0.400. The lowest BCUT2D eigenvalue weighted by molar-refractivity contribution is -0.142. The van der Waals surface area contributed by atoms with Gasteiger partial charge in [0.05, 0.1) is 24.0 Å². The first kappa shape index (κ1) is 17.6. The van der Waals surface area contributed by atoms with Crippen LogP contribution in [0.3, 0.4) is 0 Å². The summed E-state index contributed by atoms with van der Waals surface area (Å²) in [6.07, 6.45) is 7.89. The molecule has 0 aromatic carbocycles. The van der Waals surface area contributed by atoms with Crippen LogP contribution in [0.25, 0.3) is 0 Å². The van der Waals surface area contributed by atoms with Crippen LogP contribution in [0.15, 0.2) is 49.1 Å². The predicted octanol–water partition coefficient (Wildman–Crippen LogP) is 1.32. The SMILES string of the molecule is CC(=O)N1CC(=O)N(c2cccnc2)C[C@]12CCN(Cc1cccnc1)C2. The number of nitrogens with zero attached hydrogens (tertiary/aromatic N) is 5. The average Bonchev–Trinajstić information content (AvgIpc) is 3.07. The largest absolute Gasteiger partial charge is 0.325 e. The molecule has 0 N–H and O–H groups in total. The highest BCUT2D eigenvalue weighted by Gasteiger charge is 2.50. The van der Waals surface area contributed by atoms with Crippen LogP contribution in [0.1, 0.15) is 18.9 Å². The monoisotopic (exact) mass is 365 g/mol. The molecule has 2 fully saturated rings. The number of rotatable bonds is 3. The Morgan fingerprint density at radius 2 is 1.93 bits per heavy atom. The molecule has 0 unspecified atom stereocenters. The second kappa shape index (κ2) is 7.08. The first-order chi connectivity index (χ1) is 13.1. The number of anilines is 1. The van der Waals surface area contributed by atoms with Gasteiger partial charge in [-0.1, -0.05) is 6.07 Å². The lowest BCUT2D eigenvalue weighted by Crippen LogP contribution is -2.66. The van der Waals surface area contributed by atoms with Crippen molar-refractivity contribution >= 4 is 17.5 Å². The molecule has 27 heavy (non-hydrogen) atoms. The zero-order valence-electron chi connectivity index (χ0n) is 15.4. The molecular weight excluding hydrogens is 342 g/mol. The maximum atomic E-state index is 12.7. The highest BCUT2D eigenvalue weighted by molar-refractivity contribution is 5.98. The van der Waals surface area contributed by atoms with E-state index in [-0.39, 0.29) is 23.9 Å². The van der Waals surface area contributed by atoms with E-state index in [1.165, 1.54) is 0 Å². The Kier molecular flexibility index (Phi) is 4.61. The van der Waals surface area contributed by atoms with Crippen LogP contribution in [0, 0.1) is 0 Å². The van der Waals surface area contributed by atoms with Crippen LogP contribution < -0.4 is 4.90 Å². The zero-order valence-corrected chi connectivity index (χ0v) is 15.4. The molecule has 0 saturated carbocycles. The highest BCUT2D eigenvalue weighted by Crippen LogP contribution is 2.34. The van der Waals surface area contributed by atoms with Crippen molar-refractivity contribution in [3.05, 3.63) is 54.6 Å². The van der Waals surface area contributed by atoms with Gasteiger partial charge in [0.15, 0.2) is 0 Å². The number of pyridine rings is 2. The van der Waals surface area contributed by atoms with Crippen LogP contribution in [-0.2, 0) is 16.1 Å². The lowest BCUT2D eigenvalue weighted by atomic mass is 9.92.